The van der Waals surface area contributed by atoms with Crippen LogP contribution in [0, 0.1) is 46.3 Å². The zero-order valence-electron chi connectivity index (χ0n) is 20.6. The highest BCUT2D eigenvalue weighted by Crippen LogP contribution is 2.67. The van der Waals surface area contributed by atoms with Crippen molar-refractivity contribution >= 4 is 17.0 Å². The van der Waals surface area contributed by atoms with Gasteiger partial charge in [-0.05, 0) is 91.3 Å². The third-order valence-electron chi connectivity index (χ3n) is 10.5. The first-order valence-electron chi connectivity index (χ1n) is 13.2. The van der Waals surface area contributed by atoms with Crippen molar-refractivity contribution in [3.63, 3.8) is 0 Å². The van der Waals surface area contributed by atoms with Crippen LogP contribution in [0.2, 0.25) is 0 Å². The summed E-state index contributed by atoms with van der Waals surface area (Å²) in [4.78, 5) is 11.2. The highest BCUT2D eigenvalue weighted by molar-refractivity contribution is 6.61. The maximum atomic E-state index is 11.2. The quantitative estimate of drug-likeness (QED) is 0.299. The molecule has 4 aliphatic rings. The predicted molar refractivity (Wildman–Crippen MR) is 129 cm³/mol. The highest BCUT2D eigenvalue weighted by Gasteiger charge is 2.59. The Morgan fingerprint density at radius 1 is 1.10 bits per heavy atom. The molecule has 0 saturated heterocycles. The number of ether oxygens (including phenoxy) is 1. The molecular formula is C28H45ClO2. The zero-order valence-corrected chi connectivity index (χ0v) is 21.3. The van der Waals surface area contributed by atoms with Gasteiger partial charge >= 0.3 is 5.43 Å². The minimum absolute atomic E-state index is 0.0164. The normalized spacial score (nSPS) is 42.9. The average Bonchev–Trinajstić information content (AvgIpc) is 3.05. The molecule has 0 aromatic rings. The Labute approximate surface area is 195 Å². The van der Waals surface area contributed by atoms with Gasteiger partial charge in [-0.2, -0.15) is 0 Å². The number of fused-ring (bicyclic) bond motifs is 5. The lowest BCUT2D eigenvalue weighted by Gasteiger charge is -2.58. The second-order valence-corrected chi connectivity index (χ2v) is 12.8. The fraction of sp³-hybridized carbons (Fsp3) is 0.893. The fourth-order valence-electron chi connectivity index (χ4n) is 8.88. The second-order valence-electron chi connectivity index (χ2n) is 12.5. The standard InChI is InChI=1S/C28H45ClO2/c1-18(2)7-6-8-19(3)23-11-12-24-22-10-9-20-17-21(31-26(29)30)13-15-27(20,4)25(22)14-16-28(23,24)5/h9,18-19,21-25H,6-8,10-17H2,1-5H3/t19-,21?,22?,23?,24?,25?,27+,28-/m0/s1. The van der Waals surface area contributed by atoms with Gasteiger partial charge in [-0.3, -0.25) is 0 Å². The molecule has 3 saturated carbocycles. The summed E-state index contributed by atoms with van der Waals surface area (Å²) in [6.07, 6.45) is 16.7. The Kier molecular flexibility index (Phi) is 6.89. The van der Waals surface area contributed by atoms with Crippen molar-refractivity contribution in [3.05, 3.63) is 11.6 Å². The number of allylic oxidation sites excluding steroid dienone is 1. The molecule has 0 spiro atoms. The maximum Gasteiger partial charge on any atom is 0.404 e. The van der Waals surface area contributed by atoms with Crippen LogP contribution in [0.15, 0.2) is 11.6 Å². The maximum absolute atomic E-state index is 11.2. The van der Waals surface area contributed by atoms with Crippen molar-refractivity contribution in [2.75, 3.05) is 0 Å². The molecule has 0 bridgehead atoms. The molecule has 0 aromatic carbocycles. The number of hydrogen-bond acceptors (Lipinski definition) is 2. The van der Waals surface area contributed by atoms with Gasteiger partial charge in [0.2, 0.25) is 0 Å². The molecule has 0 radical (unpaired) electrons. The van der Waals surface area contributed by atoms with Crippen LogP contribution in [-0.4, -0.2) is 11.5 Å². The average molecular weight is 449 g/mol. The molecule has 0 aliphatic heterocycles. The molecule has 0 aromatic heterocycles. The van der Waals surface area contributed by atoms with E-state index in [2.05, 4.69) is 40.7 Å². The Morgan fingerprint density at radius 2 is 1.87 bits per heavy atom. The van der Waals surface area contributed by atoms with Crippen LogP contribution in [0.1, 0.15) is 105 Å². The van der Waals surface area contributed by atoms with E-state index in [0.717, 1.165) is 54.8 Å². The number of hydrogen-bond donors (Lipinski definition) is 0. The number of carbonyl (C=O) groups is 1. The Hall–Kier alpha value is -0.500. The van der Waals surface area contributed by atoms with Crippen molar-refractivity contribution in [1.29, 1.82) is 0 Å². The van der Waals surface area contributed by atoms with Crippen molar-refractivity contribution in [1.82, 2.24) is 0 Å². The summed E-state index contributed by atoms with van der Waals surface area (Å²) in [6.45, 7) is 12.5. The van der Waals surface area contributed by atoms with E-state index in [0.29, 0.717) is 10.8 Å². The van der Waals surface area contributed by atoms with Crippen LogP contribution in [0.25, 0.3) is 0 Å². The van der Waals surface area contributed by atoms with Gasteiger partial charge in [0.25, 0.3) is 0 Å². The van der Waals surface area contributed by atoms with E-state index in [-0.39, 0.29) is 6.10 Å². The van der Waals surface area contributed by atoms with Crippen molar-refractivity contribution in [2.45, 2.75) is 111 Å². The summed E-state index contributed by atoms with van der Waals surface area (Å²) >= 11 is 5.51. The zero-order chi connectivity index (χ0) is 22.4. The van der Waals surface area contributed by atoms with Gasteiger partial charge in [0.1, 0.15) is 6.10 Å². The van der Waals surface area contributed by atoms with Gasteiger partial charge in [-0.1, -0.05) is 65.5 Å². The first-order valence-corrected chi connectivity index (χ1v) is 13.6. The Morgan fingerprint density at radius 3 is 2.58 bits per heavy atom. The topological polar surface area (TPSA) is 26.3 Å². The minimum atomic E-state index is -0.643. The van der Waals surface area contributed by atoms with Crippen molar-refractivity contribution in [3.8, 4) is 0 Å². The van der Waals surface area contributed by atoms with Gasteiger partial charge in [0.05, 0.1) is 0 Å². The predicted octanol–water partition coefficient (Wildman–Crippen LogP) is 8.77. The number of rotatable bonds is 6. The Bertz CT molecular complexity index is 699. The molecule has 3 heteroatoms. The van der Waals surface area contributed by atoms with Gasteiger partial charge in [-0.15, -0.1) is 0 Å². The lowest BCUT2D eigenvalue weighted by Crippen LogP contribution is -2.51. The lowest BCUT2D eigenvalue weighted by molar-refractivity contribution is -0.0573. The SMILES string of the molecule is CC(C)CCC[C@H](C)C1CCC2C3CC=C4CC(OC(=O)Cl)CC[C@@]4(C)C3CC[C@]21C. The molecule has 31 heavy (non-hydrogen) atoms. The number of halogens is 1. The summed E-state index contributed by atoms with van der Waals surface area (Å²) in [5.41, 5.74) is 1.77. The van der Waals surface area contributed by atoms with E-state index in [9.17, 15) is 4.79 Å². The van der Waals surface area contributed by atoms with Crippen molar-refractivity contribution in [2.24, 2.45) is 46.3 Å². The van der Waals surface area contributed by atoms with E-state index in [1.165, 1.54) is 51.4 Å². The summed E-state index contributed by atoms with van der Waals surface area (Å²) in [5.74, 6) is 5.19. The summed E-state index contributed by atoms with van der Waals surface area (Å²) in [5, 5.41) is 0. The number of carbonyl (C=O) groups excluding carboxylic acids is 1. The molecule has 4 rings (SSSR count). The molecule has 176 valence electrons. The highest BCUT2D eigenvalue weighted by atomic mass is 35.5. The van der Waals surface area contributed by atoms with Gasteiger partial charge in [-0.25, -0.2) is 4.79 Å². The van der Waals surface area contributed by atoms with Crippen LogP contribution in [0.5, 0.6) is 0 Å². The molecule has 4 aliphatic carbocycles. The van der Waals surface area contributed by atoms with E-state index in [1.807, 2.05) is 0 Å². The van der Waals surface area contributed by atoms with Crippen LogP contribution >= 0.6 is 11.6 Å². The molecule has 5 unspecified atom stereocenters. The van der Waals surface area contributed by atoms with Crippen molar-refractivity contribution < 1.29 is 9.53 Å². The molecule has 0 amide bonds. The smallest absolute Gasteiger partial charge is 0.404 e. The summed E-state index contributed by atoms with van der Waals surface area (Å²) in [6, 6.07) is 0. The monoisotopic (exact) mass is 448 g/mol. The largest absolute Gasteiger partial charge is 0.450 e. The first-order chi connectivity index (χ1) is 14.6. The minimum Gasteiger partial charge on any atom is -0.450 e. The van der Waals surface area contributed by atoms with E-state index in [4.69, 9.17) is 16.3 Å². The molecule has 3 fully saturated rings. The van der Waals surface area contributed by atoms with Gasteiger partial charge < -0.3 is 4.74 Å². The molecule has 8 atom stereocenters. The Balaban J connectivity index is 1.47. The van der Waals surface area contributed by atoms with Crippen LogP contribution in [0.3, 0.4) is 0 Å². The van der Waals surface area contributed by atoms with E-state index < -0.39 is 5.43 Å². The van der Waals surface area contributed by atoms with E-state index in [1.54, 1.807) is 5.57 Å². The van der Waals surface area contributed by atoms with E-state index >= 15 is 0 Å². The van der Waals surface area contributed by atoms with Crippen LogP contribution in [-0.2, 0) is 4.74 Å². The van der Waals surface area contributed by atoms with Gasteiger partial charge in [0, 0.05) is 18.0 Å². The molecule has 0 N–H and O–H groups in total. The molecule has 2 nitrogen and oxygen atoms in total. The van der Waals surface area contributed by atoms with Crippen LogP contribution in [0.4, 0.5) is 4.79 Å². The first kappa shape index (κ1) is 23.7. The third kappa shape index (κ3) is 4.36. The van der Waals surface area contributed by atoms with Gasteiger partial charge in [0.15, 0.2) is 0 Å². The molecule has 0 heterocycles. The summed E-state index contributed by atoms with van der Waals surface area (Å²) < 4.78 is 5.38. The third-order valence-corrected chi connectivity index (χ3v) is 10.6. The summed E-state index contributed by atoms with van der Waals surface area (Å²) in [7, 11) is 0. The fourth-order valence-corrected chi connectivity index (χ4v) is 9.01. The molecular weight excluding hydrogens is 404 g/mol. The lowest BCUT2D eigenvalue weighted by atomic mass is 9.47. The van der Waals surface area contributed by atoms with Crippen LogP contribution < -0.4 is 0 Å². The second kappa shape index (κ2) is 9.03.